The highest BCUT2D eigenvalue weighted by Gasteiger charge is 2.17. The van der Waals surface area contributed by atoms with Gasteiger partial charge >= 0.3 is 0 Å². The number of anilines is 2. The number of rotatable bonds is 7. The lowest BCUT2D eigenvalue weighted by Crippen LogP contribution is -2.20. The Kier molecular flexibility index (Phi) is 7.03. The van der Waals surface area contributed by atoms with E-state index in [-0.39, 0.29) is 28.0 Å². The van der Waals surface area contributed by atoms with Gasteiger partial charge in [-0.1, -0.05) is 26.8 Å². The number of benzene rings is 2. The summed E-state index contributed by atoms with van der Waals surface area (Å²) in [6.07, 6.45) is 1.51. The molecular formula is C21H22BrN3O4S2. The molecule has 10 heteroatoms. The van der Waals surface area contributed by atoms with Crippen molar-refractivity contribution in [1.29, 1.82) is 0 Å². The Morgan fingerprint density at radius 1 is 1.16 bits per heavy atom. The van der Waals surface area contributed by atoms with Crippen LogP contribution in [0.5, 0.6) is 5.75 Å². The molecule has 31 heavy (non-hydrogen) atoms. The first kappa shape index (κ1) is 23.2. The topological polar surface area (TPSA) is 97.4 Å². The van der Waals surface area contributed by atoms with Crippen LogP contribution in [0.2, 0.25) is 0 Å². The van der Waals surface area contributed by atoms with E-state index in [9.17, 15) is 13.2 Å². The van der Waals surface area contributed by atoms with Crippen molar-refractivity contribution in [1.82, 2.24) is 4.98 Å². The molecule has 164 valence electrons. The fourth-order valence-corrected chi connectivity index (χ4v) is 4.87. The molecule has 1 amide bonds. The standard InChI is InChI=1S/C21H22BrN3O4S2/c1-21(2,3)14-4-9-18(17(22)12-14)29-13-19(26)24-15-5-7-16(8-6-15)31(27,28)25-20-23-10-11-30-20/h4-12H,13H2,1-3H3,(H,23,25)(H,24,26). The number of nitrogens with zero attached hydrogens (tertiary/aromatic N) is 1. The Balaban J connectivity index is 1.57. The molecule has 1 heterocycles. The van der Waals surface area contributed by atoms with Crippen LogP contribution in [0.15, 0.2) is 63.4 Å². The summed E-state index contributed by atoms with van der Waals surface area (Å²) in [6, 6.07) is 11.6. The smallest absolute Gasteiger partial charge is 0.263 e. The minimum atomic E-state index is -3.74. The molecule has 0 bridgehead atoms. The van der Waals surface area contributed by atoms with Crippen molar-refractivity contribution < 1.29 is 17.9 Å². The molecular weight excluding hydrogens is 502 g/mol. The van der Waals surface area contributed by atoms with Crippen molar-refractivity contribution >= 4 is 54.0 Å². The summed E-state index contributed by atoms with van der Waals surface area (Å²) < 4.78 is 33.5. The van der Waals surface area contributed by atoms with Gasteiger partial charge in [-0.2, -0.15) is 0 Å². The summed E-state index contributed by atoms with van der Waals surface area (Å²) in [6.45, 7) is 6.18. The Hall–Kier alpha value is -2.43. The molecule has 0 aliphatic rings. The molecule has 3 rings (SSSR count). The van der Waals surface area contributed by atoms with E-state index in [4.69, 9.17) is 4.74 Å². The number of nitrogens with one attached hydrogen (secondary N) is 2. The number of hydrogen-bond donors (Lipinski definition) is 2. The molecule has 0 saturated heterocycles. The predicted octanol–water partition coefficient (Wildman–Crippen LogP) is 5.02. The molecule has 1 aromatic heterocycles. The SMILES string of the molecule is CC(C)(C)c1ccc(OCC(=O)Nc2ccc(S(=O)(=O)Nc3nccs3)cc2)c(Br)c1. The molecule has 0 aliphatic carbocycles. The highest BCUT2D eigenvalue weighted by Crippen LogP contribution is 2.31. The van der Waals surface area contributed by atoms with Crippen LogP contribution >= 0.6 is 27.3 Å². The lowest BCUT2D eigenvalue weighted by molar-refractivity contribution is -0.118. The number of thiazole rings is 1. The summed E-state index contributed by atoms with van der Waals surface area (Å²) in [4.78, 5) is 16.2. The van der Waals surface area contributed by atoms with Crippen LogP contribution in [0.4, 0.5) is 10.8 Å². The van der Waals surface area contributed by atoms with Gasteiger partial charge in [0.2, 0.25) is 0 Å². The van der Waals surface area contributed by atoms with E-state index in [2.05, 4.69) is 51.7 Å². The van der Waals surface area contributed by atoms with Gasteiger partial charge in [-0.3, -0.25) is 9.52 Å². The number of aromatic nitrogens is 1. The van der Waals surface area contributed by atoms with Gasteiger partial charge in [-0.05, 0) is 63.3 Å². The second kappa shape index (κ2) is 9.37. The van der Waals surface area contributed by atoms with Crippen LogP contribution in [0, 0.1) is 0 Å². The molecule has 2 aromatic carbocycles. The van der Waals surface area contributed by atoms with Crippen molar-refractivity contribution in [3.05, 3.63) is 64.1 Å². The maximum atomic E-state index is 12.4. The molecule has 2 N–H and O–H groups in total. The molecule has 0 unspecified atom stereocenters. The minimum absolute atomic E-state index is 0.00781. The highest BCUT2D eigenvalue weighted by atomic mass is 79.9. The molecule has 3 aromatic rings. The first-order valence-corrected chi connectivity index (χ1v) is 12.5. The molecule has 0 aliphatic heterocycles. The van der Waals surface area contributed by atoms with E-state index >= 15 is 0 Å². The third-order valence-corrected chi connectivity index (χ3v) is 7.05. The van der Waals surface area contributed by atoms with Crippen molar-refractivity contribution in [3.8, 4) is 5.75 Å². The highest BCUT2D eigenvalue weighted by molar-refractivity contribution is 9.10. The third-order valence-electron chi connectivity index (χ3n) is 4.26. The second-order valence-corrected chi connectivity index (χ2v) is 11.1. The zero-order valence-electron chi connectivity index (χ0n) is 17.2. The summed E-state index contributed by atoms with van der Waals surface area (Å²) in [5.41, 5.74) is 1.62. The van der Waals surface area contributed by atoms with E-state index in [1.807, 2.05) is 18.2 Å². The Labute approximate surface area is 194 Å². The maximum Gasteiger partial charge on any atom is 0.263 e. The average Bonchev–Trinajstić information content (AvgIpc) is 3.19. The van der Waals surface area contributed by atoms with Crippen LogP contribution in [0.25, 0.3) is 0 Å². The summed E-state index contributed by atoms with van der Waals surface area (Å²) >= 11 is 4.67. The zero-order valence-corrected chi connectivity index (χ0v) is 20.4. The van der Waals surface area contributed by atoms with Gasteiger partial charge in [-0.25, -0.2) is 13.4 Å². The van der Waals surface area contributed by atoms with Crippen molar-refractivity contribution in [2.24, 2.45) is 0 Å². The fourth-order valence-electron chi connectivity index (χ4n) is 2.59. The van der Waals surface area contributed by atoms with Crippen LogP contribution in [-0.2, 0) is 20.2 Å². The average molecular weight is 524 g/mol. The molecule has 0 saturated carbocycles. The van der Waals surface area contributed by atoms with Gasteiger partial charge in [0.15, 0.2) is 11.7 Å². The summed E-state index contributed by atoms with van der Waals surface area (Å²) in [5, 5.41) is 4.65. The van der Waals surface area contributed by atoms with Crippen molar-refractivity contribution in [2.75, 3.05) is 16.6 Å². The van der Waals surface area contributed by atoms with Gasteiger partial charge in [-0.15, -0.1) is 11.3 Å². The van der Waals surface area contributed by atoms with Gasteiger partial charge in [0.05, 0.1) is 9.37 Å². The van der Waals surface area contributed by atoms with Gasteiger partial charge in [0.1, 0.15) is 5.75 Å². The third kappa shape index (κ3) is 6.28. The van der Waals surface area contributed by atoms with E-state index in [0.717, 1.165) is 10.0 Å². The molecule has 0 atom stereocenters. The maximum absolute atomic E-state index is 12.4. The van der Waals surface area contributed by atoms with Crippen LogP contribution in [-0.4, -0.2) is 25.9 Å². The first-order chi connectivity index (χ1) is 14.5. The predicted molar refractivity (Wildman–Crippen MR) is 126 cm³/mol. The number of sulfonamides is 1. The lowest BCUT2D eigenvalue weighted by atomic mass is 9.87. The molecule has 0 radical (unpaired) electrons. The number of amides is 1. The Bertz CT molecular complexity index is 1160. The zero-order chi connectivity index (χ0) is 22.6. The monoisotopic (exact) mass is 523 g/mol. The van der Waals surface area contributed by atoms with Gasteiger partial charge < -0.3 is 10.1 Å². The Morgan fingerprint density at radius 3 is 2.45 bits per heavy atom. The van der Waals surface area contributed by atoms with E-state index in [1.54, 1.807) is 5.38 Å². The minimum Gasteiger partial charge on any atom is -0.483 e. The Morgan fingerprint density at radius 2 is 1.87 bits per heavy atom. The molecule has 0 spiro atoms. The normalized spacial score (nSPS) is 11.7. The van der Waals surface area contributed by atoms with Crippen molar-refractivity contribution in [3.63, 3.8) is 0 Å². The van der Waals surface area contributed by atoms with E-state index in [0.29, 0.717) is 11.4 Å². The fraction of sp³-hybridized carbons (Fsp3) is 0.238. The number of halogens is 1. The van der Waals surface area contributed by atoms with E-state index in [1.165, 1.54) is 41.8 Å². The quantitative estimate of drug-likeness (QED) is 0.453. The molecule has 0 fully saturated rings. The second-order valence-electron chi connectivity index (χ2n) is 7.70. The van der Waals surface area contributed by atoms with E-state index < -0.39 is 10.0 Å². The van der Waals surface area contributed by atoms with Gasteiger partial charge in [0.25, 0.3) is 15.9 Å². The van der Waals surface area contributed by atoms with Crippen LogP contribution in [0.1, 0.15) is 26.3 Å². The number of carbonyl (C=O) groups is 1. The lowest BCUT2D eigenvalue weighted by Gasteiger charge is -2.20. The first-order valence-electron chi connectivity index (χ1n) is 9.30. The van der Waals surface area contributed by atoms with Crippen molar-refractivity contribution in [2.45, 2.75) is 31.1 Å². The largest absolute Gasteiger partial charge is 0.483 e. The van der Waals surface area contributed by atoms with Gasteiger partial charge in [0, 0.05) is 17.3 Å². The van der Waals surface area contributed by atoms with Crippen LogP contribution < -0.4 is 14.8 Å². The van der Waals surface area contributed by atoms with Crippen LogP contribution in [0.3, 0.4) is 0 Å². The number of hydrogen-bond acceptors (Lipinski definition) is 6. The number of carbonyl (C=O) groups excluding carboxylic acids is 1. The number of ether oxygens (including phenoxy) is 1. The molecule has 7 nitrogen and oxygen atoms in total. The summed E-state index contributed by atoms with van der Waals surface area (Å²) in [5.74, 6) is 0.209. The summed E-state index contributed by atoms with van der Waals surface area (Å²) in [7, 11) is -3.74.